The van der Waals surface area contributed by atoms with Gasteiger partial charge in [-0.15, -0.1) is 0 Å². The third kappa shape index (κ3) is 3.95. The lowest BCUT2D eigenvalue weighted by molar-refractivity contribution is -0.128. The molecule has 0 saturated heterocycles. The van der Waals surface area contributed by atoms with Crippen LogP contribution in [0.15, 0.2) is 0 Å². The molecule has 2 saturated carbocycles. The number of hydrogen-bond donors (Lipinski definition) is 2. The van der Waals surface area contributed by atoms with E-state index in [0.29, 0.717) is 12.5 Å². The average Bonchev–Trinajstić information content (AvgIpc) is 2.69. The molecule has 3 heteroatoms. The van der Waals surface area contributed by atoms with Crippen LogP contribution in [0, 0.1) is 23.2 Å². The predicted molar refractivity (Wildman–Crippen MR) is 76.6 cm³/mol. The van der Waals surface area contributed by atoms with Crippen LogP contribution in [0.2, 0.25) is 0 Å². The largest absolute Gasteiger partial charge is 0.393 e. The SMILES string of the molecule is CC1CC(C(=O)NCC2CCCC2O)CC(C)(C)C1. The zero-order valence-corrected chi connectivity index (χ0v) is 12.6. The van der Waals surface area contributed by atoms with E-state index in [-0.39, 0.29) is 29.3 Å². The Morgan fingerprint density at radius 3 is 2.63 bits per heavy atom. The fraction of sp³-hybridized carbons (Fsp3) is 0.938. The molecule has 0 aromatic heterocycles. The predicted octanol–water partition coefficient (Wildman–Crippen LogP) is 2.73. The lowest BCUT2D eigenvalue weighted by Crippen LogP contribution is -2.40. The van der Waals surface area contributed by atoms with Gasteiger partial charge in [-0.3, -0.25) is 4.79 Å². The van der Waals surface area contributed by atoms with Gasteiger partial charge >= 0.3 is 0 Å². The van der Waals surface area contributed by atoms with Crippen molar-refractivity contribution in [3.05, 3.63) is 0 Å². The number of aliphatic hydroxyl groups is 1. The molecule has 0 spiro atoms. The summed E-state index contributed by atoms with van der Waals surface area (Å²) in [5.74, 6) is 1.28. The first-order valence-electron chi connectivity index (χ1n) is 7.83. The van der Waals surface area contributed by atoms with Crippen LogP contribution in [0.4, 0.5) is 0 Å². The minimum Gasteiger partial charge on any atom is -0.393 e. The molecule has 3 nitrogen and oxygen atoms in total. The maximum absolute atomic E-state index is 12.3. The minimum absolute atomic E-state index is 0.164. The van der Waals surface area contributed by atoms with E-state index in [9.17, 15) is 9.90 Å². The van der Waals surface area contributed by atoms with Crippen LogP contribution in [0.1, 0.15) is 59.3 Å². The number of nitrogens with one attached hydrogen (secondary N) is 1. The van der Waals surface area contributed by atoms with Crippen LogP contribution in [-0.4, -0.2) is 23.7 Å². The molecule has 1 amide bonds. The third-order valence-electron chi connectivity index (χ3n) is 4.92. The summed E-state index contributed by atoms with van der Waals surface area (Å²) >= 11 is 0. The van der Waals surface area contributed by atoms with Gasteiger partial charge in [0, 0.05) is 18.4 Å². The maximum Gasteiger partial charge on any atom is 0.223 e. The van der Waals surface area contributed by atoms with Crippen LogP contribution in [-0.2, 0) is 4.79 Å². The van der Waals surface area contributed by atoms with Gasteiger partial charge < -0.3 is 10.4 Å². The summed E-state index contributed by atoms with van der Waals surface area (Å²) in [6, 6.07) is 0. The number of aliphatic hydroxyl groups excluding tert-OH is 1. The van der Waals surface area contributed by atoms with Gasteiger partial charge in [0.05, 0.1) is 6.10 Å². The molecule has 0 aromatic rings. The normalized spacial score (nSPS) is 38.1. The lowest BCUT2D eigenvalue weighted by atomic mass is 9.68. The van der Waals surface area contributed by atoms with Gasteiger partial charge in [0.25, 0.3) is 0 Å². The van der Waals surface area contributed by atoms with Crippen molar-refractivity contribution in [1.29, 1.82) is 0 Å². The summed E-state index contributed by atoms with van der Waals surface area (Å²) in [5.41, 5.74) is 0.284. The Labute approximate surface area is 117 Å². The Morgan fingerprint density at radius 2 is 2.05 bits per heavy atom. The van der Waals surface area contributed by atoms with Crippen LogP contribution in [0.3, 0.4) is 0 Å². The van der Waals surface area contributed by atoms with Gasteiger partial charge in [-0.05, 0) is 43.4 Å². The molecule has 0 aromatic carbocycles. The molecule has 2 fully saturated rings. The summed E-state index contributed by atoms with van der Waals surface area (Å²) in [5, 5.41) is 12.9. The highest BCUT2D eigenvalue weighted by Crippen LogP contribution is 2.41. The fourth-order valence-electron chi connectivity index (χ4n) is 4.18. The fourth-order valence-corrected chi connectivity index (χ4v) is 4.18. The van der Waals surface area contributed by atoms with Crippen molar-refractivity contribution >= 4 is 5.91 Å². The molecule has 2 N–H and O–H groups in total. The summed E-state index contributed by atoms with van der Waals surface area (Å²) in [4.78, 5) is 12.3. The Hall–Kier alpha value is -0.570. The molecule has 2 rings (SSSR count). The minimum atomic E-state index is -0.206. The van der Waals surface area contributed by atoms with Gasteiger partial charge in [-0.1, -0.05) is 27.2 Å². The molecule has 0 bridgehead atoms. The van der Waals surface area contributed by atoms with Gasteiger partial charge in [0.1, 0.15) is 0 Å². The van der Waals surface area contributed by atoms with Crippen molar-refractivity contribution in [3.8, 4) is 0 Å². The number of hydrogen-bond acceptors (Lipinski definition) is 2. The summed E-state index contributed by atoms with van der Waals surface area (Å²) in [6.07, 6.45) is 6.07. The summed E-state index contributed by atoms with van der Waals surface area (Å²) < 4.78 is 0. The third-order valence-corrected chi connectivity index (χ3v) is 4.92. The Balaban J connectivity index is 1.82. The van der Waals surface area contributed by atoms with Crippen molar-refractivity contribution in [2.75, 3.05) is 6.54 Å². The quantitative estimate of drug-likeness (QED) is 0.826. The zero-order valence-electron chi connectivity index (χ0n) is 12.6. The first kappa shape index (κ1) is 14.8. The van der Waals surface area contributed by atoms with E-state index in [0.717, 1.165) is 32.1 Å². The summed E-state index contributed by atoms with van der Waals surface area (Å²) in [6.45, 7) is 7.44. The van der Waals surface area contributed by atoms with Crippen molar-refractivity contribution in [2.24, 2.45) is 23.2 Å². The molecule has 0 radical (unpaired) electrons. The maximum atomic E-state index is 12.3. The first-order chi connectivity index (χ1) is 8.87. The van der Waals surface area contributed by atoms with E-state index in [1.165, 1.54) is 6.42 Å². The average molecular weight is 267 g/mol. The molecule has 0 aliphatic heterocycles. The molecule has 2 aliphatic carbocycles. The second-order valence-electron chi connectivity index (χ2n) is 7.61. The standard InChI is InChI=1S/C16H29NO2/c1-11-7-13(9-16(2,3)8-11)15(19)17-10-12-5-4-6-14(12)18/h11-14,18H,4-10H2,1-3H3,(H,17,19). The number of carbonyl (C=O) groups is 1. The van der Waals surface area contributed by atoms with Crippen molar-refractivity contribution in [1.82, 2.24) is 5.32 Å². The highest BCUT2D eigenvalue weighted by Gasteiger charge is 2.36. The monoisotopic (exact) mass is 267 g/mol. The summed E-state index contributed by atoms with van der Waals surface area (Å²) in [7, 11) is 0. The lowest BCUT2D eigenvalue weighted by Gasteiger charge is -2.38. The van der Waals surface area contributed by atoms with E-state index < -0.39 is 0 Å². The topological polar surface area (TPSA) is 49.3 Å². The van der Waals surface area contributed by atoms with Crippen molar-refractivity contribution in [2.45, 2.75) is 65.4 Å². The van der Waals surface area contributed by atoms with Gasteiger partial charge in [0.15, 0.2) is 0 Å². The van der Waals surface area contributed by atoms with E-state index in [2.05, 4.69) is 26.1 Å². The Kier molecular flexibility index (Phi) is 4.54. The molecule has 4 atom stereocenters. The second-order valence-corrected chi connectivity index (χ2v) is 7.61. The van der Waals surface area contributed by atoms with E-state index in [4.69, 9.17) is 0 Å². The van der Waals surface area contributed by atoms with E-state index >= 15 is 0 Å². The zero-order chi connectivity index (χ0) is 14.0. The highest BCUT2D eigenvalue weighted by atomic mass is 16.3. The van der Waals surface area contributed by atoms with Gasteiger partial charge in [-0.2, -0.15) is 0 Å². The smallest absolute Gasteiger partial charge is 0.223 e. The van der Waals surface area contributed by atoms with Crippen LogP contribution in [0.25, 0.3) is 0 Å². The number of carbonyl (C=O) groups excluding carboxylic acids is 1. The van der Waals surface area contributed by atoms with Crippen molar-refractivity contribution in [3.63, 3.8) is 0 Å². The van der Waals surface area contributed by atoms with E-state index in [1.54, 1.807) is 0 Å². The van der Waals surface area contributed by atoms with Gasteiger partial charge in [0.2, 0.25) is 5.91 Å². The molecular weight excluding hydrogens is 238 g/mol. The first-order valence-corrected chi connectivity index (χ1v) is 7.83. The molecular formula is C16H29NO2. The molecule has 19 heavy (non-hydrogen) atoms. The number of rotatable bonds is 3. The molecule has 0 heterocycles. The Bertz CT molecular complexity index is 327. The second kappa shape index (κ2) is 5.82. The van der Waals surface area contributed by atoms with Crippen molar-refractivity contribution < 1.29 is 9.90 Å². The highest BCUT2D eigenvalue weighted by molar-refractivity contribution is 5.78. The van der Waals surface area contributed by atoms with E-state index in [1.807, 2.05) is 0 Å². The number of amides is 1. The van der Waals surface area contributed by atoms with Crippen LogP contribution >= 0.6 is 0 Å². The van der Waals surface area contributed by atoms with Gasteiger partial charge in [-0.25, -0.2) is 0 Å². The molecule has 110 valence electrons. The van der Waals surface area contributed by atoms with Crippen LogP contribution in [0.5, 0.6) is 0 Å². The molecule has 4 unspecified atom stereocenters. The molecule has 2 aliphatic rings. The Morgan fingerprint density at radius 1 is 1.32 bits per heavy atom. The van der Waals surface area contributed by atoms with Crippen LogP contribution < -0.4 is 5.32 Å².